The molecule has 0 aliphatic heterocycles. The van der Waals surface area contributed by atoms with E-state index in [4.69, 9.17) is 5.73 Å². The molecule has 0 amide bonds. The summed E-state index contributed by atoms with van der Waals surface area (Å²) in [6, 6.07) is 0.488. The van der Waals surface area contributed by atoms with Gasteiger partial charge in [0.25, 0.3) is 0 Å². The van der Waals surface area contributed by atoms with Crippen molar-refractivity contribution in [1.29, 1.82) is 0 Å². The van der Waals surface area contributed by atoms with E-state index >= 15 is 0 Å². The van der Waals surface area contributed by atoms with E-state index in [2.05, 4.69) is 19.1 Å². The van der Waals surface area contributed by atoms with Gasteiger partial charge in [0.15, 0.2) is 0 Å². The van der Waals surface area contributed by atoms with Crippen LogP contribution in [0.4, 0.5) is 0 Å². The normalized spacial score (nSPS) is 35.0. The largest absolute Gasteiger partial charge is 0.328 e. The fraction of sp³-hybridized carbons (Fsp3) is 0.778. The molecule has 10 heavy (non-hydrogen) atoms. The van der Waals surface area contributed by atoms with Gasteiger partial charge in [0.2, 0.25) is 0 Å². The highest BCUT2D eigenvalue weighted by Crippen LogP contribution is 2.23. The van der Waals surface area contributed by atoms with Crippen molar-refractivity contribution in [1.82, 2.24) is 0 Å². The molecule has 0 unspecified atom stereocenters. The average molecular weight is 139 g/mol. The highest BCUT2D eigenvalue weighted by molar-refractivity contribution is 4.89. The van der Waals surface area contributed by atoms with Crippen LogP contribution in [0.5, 0.6) is 0 Å². The van der Waals surface area contributed by atoms with Crippen LogP contribution >= 0.6 is 0 Å². The smallest absolute Gasteiger partial charge is 0.00392 e. The van der Waals surface area contributed by atoms with E-state index in [1.807, 2.05) is 0 Å². The Kier molecular flexibility index (Phi) is 2.94. The first-order valence-corrected chi connectivity index (χ1v) is 4.21. The maximum Gasteiger partial charge on any atom is 0.00392 e. The molecule has 0 aromatic rings. The molecule has 0 bridgehead atoms. The van der Waals surface area contributed by atoms with E-state index in [1.165, 1.54) is 25.7 Å². The Morgan fingerprint density at radius 3 is 2.30 bits per heavy atom. The number of rotatable bonds is 1. The molecule has 0 radical (unpaired) electrons. The Hall–Kier alpha value is -0.300. The summed E-state index contributed by atoms with van der Waals surface area (Å²) in [7, 11) is 0. The van der Waals surface area contributed by atoms with Crippen molar-refractivity contribution in [2.75, 3.05) is 0 Å². The summed E-state index contributed by atoms with van der Waals surface area (Å²) in [6.07, 6.45) is 9.49. The summed E-state index contributed by atoms with van der Waals surface area (Å²) in [5.41, 5.74) is 5.77. The fourth-order valence-electron chi connectivity index (χ4n) is 1.61. The molecular formula is C9H17N. The van der Waals surface area contributed by atoms with Gasteiger partial charge in [-0.25, -0.2) is 0 Å². The van der Waals surface area contributed by atoms with Crippen molar-refractivity contribution >= 4 is 0 Å². The highest BCUT2D eigenvalue weighted by Gasteiger charge is 2.15. The Morgan fingerprint density at radius 2 is 1.80 bits per heavy atom. The summed E-state index contributed by atoms with van der Waals surface area (Å²) in [4.78, 5) is 0. The predicted molar refractivity (Wildman–Crippen MR) is 44.7 cm³/mol. The molecule has 1 heteroatoms. The van der Waals surface area contributed by atoms with Crippen LogP contribution in [0, 0.1) is 5.92 Å². The van der Waals surface area contributed by atoms with E-state index < -0.39 is 0 Å². The van der Waals surface area contributed by atoms with E-state index in [-0.39, 0.29) is 0 Å². The molecule has 0 saturated heterocycles. The Balaban J connectivity index is 2.26. The van der Waals surface area contributed by atoms with Gasteiger partial charge in [0, 0.05) is 6.04 Å². The monoisotopic (exact) mass is 139 g/mol. The van der Waals surface area contributed by atoms with Crippen molar-refractivity contribution in [3.63, 3.8) is 0 Å². The summed E-state index contributed by atoms with van der Waals surface area (Å²) < 4.78 is 0. The van der Waals surface area contributed by atoms with Crippen LogP contribution < -0.4 is 5.73 Å². The van der Waals surface area contributed by atoms with Crippen molar-refractivity contribution in [2.45, 2.75) is 38.6 Å². The topological polar surface area (TPSA) is 26.0 Å². The minimum atomic E-state index is 0.488. The molecule has 58 valence electrons. The molecule has 2 N–H and O–H groups in total. The number of nitrogens with two attached hydrogens (primary N) is 1. The third-order valence-corrected chi connectivity index (χ3v) is 2.28. The Labute approximate surface area is 63.3 Å². The van der Waals surface area contributed by atoms with Crippen molar-refractivity contribution in [3.8, 4) is 0 Å². The van der Waals surface area contributed by atoms with Gasteiger partial charge in [-0.3, -0.25) is 0 Å². The zero-order valence-electron chi connectivity index (χ0n) is 6.72. The Bertz CT molecular complexity index is 110. The van der Waals surface area contributed by atoms with Crippen molar-refractivity contribution < 1.29 is 0 Å². The van der Waals surface area contributed by atoms with Gasteiger partial charge >= 0.3 is 0 Å². The lowest BCUT2D eigenvalue weighted by molar-refractivity contribution is 0.375. The van der Waals surface area contributed by atoms with Crippen LogP contribution in [0.2, 0.25) is 0 Å². The van der Waals surface area contributed by atoms with E-state index in [1.54, 1.807) is 0 Å². The molecule has 1 saturated carbocycles. The van der Waals surface area contributed by atoms with E-state index in [0.29, 0.717) is 6.04 Å². The van der Waals surface area contributed by atoms with Gasteiger partial charge in [-0.1, -0.05) is 12.2 Å². The minimum absolute atomic E-state index is 0.488. The zero-order chi connectivity index (χ0) is 7.40. The van der Waals surface area contributed by atoms with Crippen molar-refractivity contribution in [3.05, 3.63) is 12.2 Å². The first kappa shape index (κ1) is 7.80. The van der Waals surface area contributed by atoms with Crippen molar-refractivity contribution in [2.24, 2.45) is 11.7 Å². The van der Waals surface area contributed by atoms with Crippen LogP contribution in [-0.2, 0) is 0 Å². The summed E-state index contributed by atoms with van der Waals surface area (Å²) in [6.45, 7) is 2.09. The molecule has 1 aliphatic rings. The molecule has 0 aromatic heterocycles. The fourth-order valence-corrected chi connectivity index (χ4v) is 1.61. The standard InChI is InChI=1S/C9H17N/c1-2-3-8-4-6-9(10)7-5-8/h2-3,8-9H,4-7,10H2,1H3/b3-2+. The third-order valence-electron chi connectivity index (χ3n) is 2.28. The van der Waals surface area contributed by atoms with Gasteiger partial charge in [0.1, 0.15) is 0 Å². The molecule has 0 heterocycles. The number of allylic oxidation sites excluding steroid dienone is 2. The van der Waals surface area contributed by atoms with E-state index in [9.17, 15) is 0 Å². The summed E-state index contributed by atoms with van der Waals surface area (Å²) in [5.74, 6) is 0.824. The lowest BCUT2D eigenvalue weighted by Crippen LogP contribution is -2.25. The third kappa shape index (κ3) is 2.14. The maximum atomic E-state index is 5.77. The van der Waals surface area contributed by atoms with Gasteiger partial charge in [-0.15, -0.1) is 0 Å². The highest BCUT2D eigenvalue weighted by atomic mass is 14.6. The predicted octanol–water partition coefficient (Wildman–Crippen LogP) is 2.08. The van der Waals surface area contributed by atoms with Crippen LogP contribution in [0.1, 0.15) is 32.6 Å². The molecule has 0 aromatic carbocycles. The average Bonchev–Trinajstić information content (AvgIpc) is 1.95. The minimum Gasteiger partial charge on any atom is -0.328 e. The molecule has 0 spiro atoms. The van der Waals surface area contributed by atoms with Crippen LogP contribution in [-0.4, -0.2) is 6.04 Å². The van der Waals surface area contributed by atoms with Crippen LogP contribution in [0.15, 0.2) is 12.2 Å². The molecule has 0 atom stereocenters. The summed E-state index contributed by atoms with van der Waals surface area (Å²) in [5, 5.41) is 0. The SMILES string of the molecule is C/C=C/C1CCC(N)CC1. The number of hydrogen-bond donors (Lipinski definition) is 1. The van der Waals surface area contributed by atoms with Crippen LogP contribution in [0.25, 0.3) is 0 Å². The van der Waals surface area contributed by atoms with Crippen LogP contribution in [0.3, 0.4) is 0 Å². The van der Waals surface area contributed by atoms with Gasteiger partial charge in [-0.2, -0.15) is 0 Å². The first-order valence-electron chi connectivity index (χ1n) is 4.21. The molecule has 1 aliphatic carbocycles. The van der Waals surface area contributed by atoms with Gasteiger partial charge in [-0.05, 0) is 38.5 Å². The quantitative estimate of drug-likeness (QED) is 0.553. The second kappa shape index (κ2) is 3.77. The zero-order valence-corrected chi connectivity index (χ0v) is 6.72. The second-order valence-corrected chi connectivity index (χ2v) is 3.20. The molecule has 1 fully saturated rings. The first-order chi connectivity index (χ1) is 4.83. The lowest BCUT2D eigenvalue weighted by atomic mass is 9.86. The second-order valence-electron chi connectivity index (χ2n) is 3.20. The van der Waals surface area contributed by atoms with E-state index in [0.717, 1.165) is 5.92 Å². The lowest BCUT2D eigenvalue weighted by Gasteiger charge is -2.23. The molecule has 1 nitrogen and oxygen atoms in total. The van der Waals surface area contributed by atoms with Gasteiger partial charge < -0.3 is 5.73 Å². The maximum absolute atomic E-state index is 5.77. The number of hydrogen-bond acceptors (Lipinski definition) is 1. The molecular weight excluding hydrogens is 122 g/mol. The Morgan fingerprint density at radius 1 is 1.20 bits per heavy atom. The van der Waals surface area contributed by atoms with Gasteiger partial charge in [0.05, 0.1) is 0 Å². The summed E-state index contributed by atoms with van der Waals surface area (Å²) >= 11 is 0. The molecule has 1 rings (SSSR count).